The van der Waals surface area contributed by atoms with Gasteiger partial charge in [0.05, 0.1) is 0 Å². The van der Waals surface area contributed by atoms with Crippen molar-refractivity contribution in [3.63, 3.8) is 0 Å². The van der Waals surface area contributed by atoms with Crippen molar-refractivity contribution in [2.75, 3.05) is 32.4 Å². The van der Waals surface area contributed by atoms with Crippen LogP contribution in [0.25, 0.3) is 0 Å². The lowest BCUT2D eigenvalue weighted by molar-refractivity contribution is 0.235. The van der Waals surface area contributed by atoms with Crippen molar-refractivity contribution in [2.45, 2.75) is 25.1 Å². The van der Waals surface area contributed by atoms with Crippen molar-refractivity contribution in [1.29, 1.82) is 0 Å². The van der Waals surface area contributed by atoms with Crippen molar-refractivity contribution < 1.29 is 0 Å². The lowest BCUT2D eigenvalue weighted by atomic mass is 10.2. The molecular weight excluding hydrogens is 168 g/mol. The molecule has 0 aromatic carbocycles. The number of nitrogens with zero attached hydrogens (tertiary/aromatic N) is 1. The average molecular weight is 188 g/mol. The molecule has 72 valence electrons. The van der Waals surface area contributed by atoms with E-state index in [1.54, 1.807) is 0 Å². The highest BCUT2D eigenvalue weighted by Gasteiger charge is 2.29. The highest BCUT2D eigenvalue weighted by molar-refractivity contribution is 7.99. The second-order valence-corrected chi connectivity index (χ2v) is 4.30. The summed E-state index contributed by atoms with van der Waals surface area (Å²) in [7, 11) is 0. The molecule has 0 aromatic rings. The lowest BCUT2D eigenvalue weighted by Gasteiger charge is -2.29. The monoisotopic (exact) mass is 188 g/mol. The van der Waals surface area contributed by atoms with Crippen LogP contribution >= 0.6 is 11.8 Å². The third-order valence-electron chi connectivity index (χ3n) is 2.71. The van der Waals surface area contributed by atoms with Crippen LogP contribution in [0.15, 0.2) is 0 Å². The molecule has 0 spiro atoms. The summed E-state index contributed by atoms with van der Waals surface area (Å²) >= 11 is 2.00. The topological polar surface area (TPSA) is 15.3 Å². The Labute approximate surface area is 80.1 Å². The summed E-state index contributed by atoms with van der Waals surface area (Å²) in [5.41, 5.74) is 0. The smallest absolute Gasteiger partial charge is 0.0351 e. The minimum Gasteiger partial charge on any atom is -0.314 e. The van der Waals surface area contributed by atoms with E-state index in [1.165, 1.54) is 26.2 Å². The summed E-state index contributed by atoms with van der Waals surface area (Å²) in [6.07, 6.45) is 2.22. The van der Waals surface area contributed by atoms with Gasteiger partial charge in [0.1, 0.15) is 0 Å². The number of rotatable bonds is 4. The van der Waals surface area contributed by atoms with E-state index in [1.807, 2.05) is 11.8 Å². The van der Waals surface area contributed by atoms with Crippen LogP contribution in [-0.4, -0.2) is 48.6 Å². The van der Waals surface area contributed by atoms with E-state index in [4.69, 9.17) is 0 Å². The molecule has 0 saturated carbocycles. The largest absolute Gasteiger partial charge is 0.314 e. The first-order valence-electron chi connectivity index (χ1n) is 4.81. The zero-order valence-electron chi connectivity index (χ0n) is 8.34. The van der Waals surface area contributed by atoms with E-state index in [2.05, 4.69) is 30.3 Å². The van der Waals surface area contributed by atoms with Crippen molar-refractivity contribution in [2.24, 2.45) is 0 Å². The minimum atomic E-state index is 0.759. The highest BCUT2D eigenvalue weighted by atomic mass is 32.2. The fraction of sp³-hybridized carbons (Fsp3) is 1.00. The number of hydrogen-bond acceptors (Lipinski definition) is 3. The molecule has 0 aliphatic carbocycles. The van der Waals surface area contributed by atoms with Crippen molar-refractivity contribution in [3.8, 4) is 0 Å². The second-order valence-electron chi connectivity index (χ2n) is 3.22. The third kappa shape index (κ3) is 2.15. The van der Waals surface area contributed by atoms with Gasteiger partial charge in [-0.15, -0.1) is 0 Å². The Morgan fingerprint density at radius 2 is 2.00 bits per heavy atom. The normalized spacial score (nSPS) is 30.0. The lowest BCUT2D eigenvalue weighted by Crippen LogP contribution is -2.41. The second kappa shape index (κ2) is 5.10. The van der Waals surface area contributed by atoms with Crippen molar-refractivity contribution in [3.05, 3.63) is 0 Å². The van der Waals surface area contributed by atoms with E-state index in [0.717, 1.165) is 11.3 Å². The maximum Gasteiger partial charge on any atom is 0.0351 e. The zero-order chi connectivity index (χ0) is 8.97. The van der Waals surface area contributed by atoms with Gasteiger partial charge in [0, 0.05) is 24.4 Å². The number of hydrogen-bond donors (Lipinski definition) is 1. The predicted octanol–water partition coefficient (Wildman–Crippen LogP) is 1.03. The summed E-state index contributed by atoms with van der Waals surface area (Å²) in [6.45, 7) is 9.22. The molecule has 3 heteroatoms. The molecule has 0 radical (unpaired) electrons. The summed E-state index contributed by atoms with van der Waals surface area (Å²) in [6, 6.07) is 0.759. The minimum absolute atomic E-state index is 0.759. The Hall–Kier alpha value is 0.270. The van der Waals surface area contributed by atoms with Gasteiger partial charge in [-0.05, 0) is 19.3 Å². The fourth-order valence-electron chi connectivity index (χ4n) is 1.94. The summed E-state index contributed by atoms with van der Waals surface area (Å²) < 4.78 is 0. The van der Waals surface area contributed by atoms with Gasteiger partial charge in [-0.25, -0.2) is 0 Å². The molecule has 0 amide bonds. The van der Waals surface area contributed by atoms with Gasteiger partial charge in [0.15, 0.2) is 0 Å². The molecule has 1 aliphatic heterocycles. The van der Waals surface area contributed by atoms with Crippen LogP contribution < -0.4 is 5.32 Å². The van der Waals surface area contributed by atoms with Crippen LogP contribution in [0.2, 0.25) is 0 Å². The van der Waals surface area contributed by atoms with E-state index >= 15 is 0 Å². The fourth-order valence-corrected chi connectivity index (χ4v) is 2.81. The van der Waals surface area contributed by atoms with Gasteiger partial charge in [0.2, 0.25) is 0 Å². The van der Waals surface area contributed by atoms with Crippen LogP contribution in [0.4, 0.5) is 0 Å². The Kier molecular flexibility index (Phi) is 4.40. The van der Waals surface area contributed by atoms with Crippen LogP contribution in [0.5, 0.6) is 0 Å². The van der Waals surface area contributed by atoms with Crippen LogP contribution in [0.3, 0.4) is 0 Å². The summed E-state index contributed by atoms with van der Waals surface area (Å²) in [5.74, 6) is 0. The standard InChI is InChI=1S/C9H20N2S/c1-4-11(5-2)8-6-10-7-9(8)12-3/h8-10H,4-7H2,1-3H3. The number of thioether (sulfide) groups is 1. The highest BCUT2D eigenvalue weighted by Crippen LogP contribution is 2.19. The maximum atomic E-state index is 3.46. The molecule has 1 heterocycles. The molecule has 12 heavy (non-hydrogen) atoms. The summed E-state index contributed by atoms with van der Waals surface area (Å²) in [4.78, 5) is 2.56. The molecule has 1 fully saturated rings. The molecule has 2 unspecified atom stereocenters. The van der Waals surface area contributed by atoms with Crippen molar-refractivity contribution >= 4 is 11.8 Å². The zero-order valence-corrected chi connectivity index (χ0v) is 9.16. The quantitative estimate of drug-likeness (QED) is 0.709. The van der Waals surface area contributed by atoms with Gasteiger partial charge in [-0.1, -0.05) is 13.8 Å². The van der Waals surface area contributed by atoms with Gasteiger partial charge >= 0.3 is 0 Å². The Morgan fingerprint density at radius 3 is 2.50 bits per heavy atom. The number of likely N-dealkylation sites (N-methyl/N-ethyl adjacent to an activating group) is 1. The molecule has 1 N–H and O–H groups in total. The molecule has 1 saturated heterocycles. The van der Waals surface area contributed by atoms with Gasteiger partial charge in [0.25, 0.3) is 0 Å². The third-order valence-corrected chi connectivity index (χ3v) is 3.80. The van der Waals surface area contributed by atoms with Gasteiger partial charge < -0.3 is 5.32 Å². The number of nitrogens with one attached hydrogen (secondary N) is 1. The predicted molar refractivity (Wildman–Crippen MR) is 56.9 cm³/mol. The maximum absolute atomic E-state index is 3.46. The van der Waals surface area contributed by atoms with Gasteiger partial charge in [-0.2, -0.15) is 11.8 Å². The first-order chi connectivity index (χ1) is 5.83. The van der Waals surface area contributed by atoms with E-state index in [-0.39, 0.29) is 0 Å². The molecule has 1 rings (SSSR count). The van der Waals surface area contributed by atoms with Crippen LogP contribution in [0.1, 0.15) is 13.8 Å². The van der Waals surface area contributed by atoms with E-state index in [9.17, 15) is 0 Å². The van der Waals surface area contributed by atoms with Crippen LogP contribution in [-0.2, 0) is 0 Å². The molecule has 2 nitrogen and oxygen atoms in total. The first kappa shape index (κ1) is 10.4. The van der Waals surface area contributed by atoms with Crippen LogP contribution in [0, 0.1) is 0 Å². The summed E-state index contributed by atoms with van der Waals surface area (Å²) in [5, 5.41) is 4.26. The van der Waals surface area contributed by atoms with E-state index in [0.29, 0.717) is 0 Å². The molecule has 1 aliphatic rings. The van der Waals surface area contributed by atoms with Crippen molar-refractivity contribution in [1.82, 2.24) is 10.2 Å². The van der Waals surface area contributed by atoms with E-state index < -0.39 is 0 Å². The first-order valence-corrected chi connectivity index (χ1v) is 6.09. The molecule has 0 aromatic heterocycles. The molecular formula is C9H20N2S. The molecule has 2 atom stereocenters. The SMILES string of the molecule is CCN(CC)C1CNCC1SC. The molecule has 0 bridgehead atoms. The average Bonchev–Trinajstić information content (AvgIpc) is 2.55. The Balaban J connectivity index is 2.47. The Bertz CT molecular complexity index is 126. The van der Waals surface area contributed by atoms with Gasteiger partial charge in [-0.3, -0.25) is 4.90 Å². The Morgan fingerprint density at radius 1 is 1.33 bits per heavy atom.